The van der Waals surface area contributed by atoms with Gasteiger partial charge in [-0.05, 0) is 36.5 Å². The van der Waals surface area contributed by atoms with Crippen LogP contribution < -0.4 is 11.1 Å². The number of hydrogen-bond donors (Lipinski definition) is 3. The number of aryl methyl sites for hydroxylation is 1. The van der Waals surface area contributed by atoms with Gasteiger partial charge in [-0.2, -0.15) is 0 Å². The zero-order valence-electron chi connectivity index (χ0n) is 11.0. The summed E-state index contributed by atoms with van der Waals surface area (Å²) in [5.74, 6) is -0.0492. The molecule has 0 aliphatic heterocycles. The van der Waals surface area contributed by atoms with Crippen LogP contribution in [0.1, 0.15) is 25.8 Å². The van der Waals surface area contributed by atoms with Gasteiger partial charge >= 0.3 is 0 Å². The van der Waals surface area contributed by atoms with Gasteiger partial charge in [0.05, 0.1) is 6.04 Å². The summed E-state index contributed by atoms with van der Waals surface area (Å²) in [5, 5.41) is 11.6. The third-order valence-electron chi connectivity index (χ3n) is 2.84. The monoisotopic (exact) mass is 250 g/mol. The Morgan fingerprint density at radius 1 is 1.44 bits per heavy atom. The number of amides is 1. The number of carbonyl (C=O) groups is 1. The SMILES string of the molecule is CC(C)[C@H](N)C(=O)Nc1cccc(CCCO)c1. The molecule has 0 aromatic heterocycles. The predicted octanol–water partition coefficient (Wildman–Crippen LogP) is 1.53. The minimum absolute atomic E-state index is 0.113. The quantitative estimate of drug-likeness (QED) is 0.716. The van der Waals surface area contributed by atoms with Crippen LogP contribution in [0.15, 0.2) is 24.3 Å². The van der Waals surface area contributed by atoms with Crippen molar-refractivity contribution in [1.29, 1.82) is 0 Å². The van der Waals surface area contributed by atoms with Crippen LogP contribution in [-0.2, 0) is 11.2 Å². The molecule has 0 spiro atoms. The van der Waals surface area contributed by atoms with Crippen LogP contribution in [0.3, 0.4) is 0 Å². The highest BCUT2D eigenvalue weighted by molar-refractivity contribution is 5.94. The van der Waals surface area contributed by atoms with Crippen molar-refractivity contribution in [2.45, 2.75) is 32.7 Å². The molecule has 100 valence electrons. The van der Waals surface area contributed by atoms with Crippen molar-refractivity contribution in [1.82, 2.24) is 0 Å². The van der Waals surface area contributed by atoms with Gasteiger partial charge in [0.15, 0.2) is 0 Å². The van der Waals surface area contributed by atoms with Crippen LogP contribution in [0.2, 0.25) is 0 Å². The summed E-state index contributed by atoms with van der Waals surface area (Å²) >= 11 is 0. The van der Waals surface area contributed by atoms with E-state index in [1.165, 1.54) is 0 Å². The lowest BCUT2D eigenvalue weighted by molar-refractivity contribution is -0.118. The molecule has 1 rings (SSSR count). The molecule has 0 unspecified atom stereocenters. The second kappa shape index (κ2) is 7.13. The first-order chi connectivity index (χ1) is 8.54. The first-order valence-electron chi connectivity index (χ1n) is 6.31. The van der Waals surface area contributed by atoms with Gasteiger partial charge in [0.1, 0.15) is 0 Å². The summed E-state index contributed by atoms with van der Waals surface area (Å²) in [6, 6.07) is 7.14. The number of aliphatic hydroxyl groups is 1. The van der Waals surface area contributed by atoms with E-state index in [1.807, 2.05) is 38.1 Å². The van der Waals surface area contributed by atoms with Crippen molar-refractivity contribution in [2.24, 2.45) is 11.7 Å². The Hall–Kier alpha value is -1.39. The van der Waals surface area contributed by atoms with Crippen molar-refractivity contribution < 1.29 is 9.90 Å². The standard InChI is InChI=1S/C14H22N2O2/c1-10(2)13(15)14(18)16-12-7-3-5-11(9-12)6-4-8-17/h3,5,7,9-10,13,17H,4,6,8,15H2,1-2H3,(H,16,18)/t13-/m0/s1. The average molecular weight is 250 g/mol. The molecule has 0 fully saturated rings. The molecule has 0 aliphatic rings. The van der Waals surface area contributed by atoms with Crippen molar-refractivity contribution in [3.8, 4) is 0 Å². The van der Waals surface area contributed by atoms with Crippen LogP contribution in [0.4, 0.5) is 5.69 Å². The topological polar surface area (TPSA) is 75.4 Å². The number of benzene rings is 1. The maximum Gasteiger partial charge on any atom is 0.241 e. The van der Waals surface area contributed by atoms with Gasteiger partial charge in [0.25, 0.3) is 0 Å². The summed E-state index contributed by atoms with van der Waals surface area (Å²) in [7, 11) is 0. The van der Waals surface area contributed by atoms with E-state index < -0.39 is 6.04 Å². The average Bonchev–Trinajstić information content (AvgIpc) is 2.35. The molecular weight excluding hydrogens is 228 g/mol. The highest BCUT2D eigenvalue weighted by atomic mass is 16.2. The van der Waals surface area contributed by atoms with Crippen LogP contribution in [-0.4, -0.2) is 23.7 Å². The Labute approximate surface area is 108 Å². The fraction of sp³-hybridized carbons (Fsp3) is 0.500. The first kappa shape index (κ1) is 14.7. The minimum Gasteiger partial charge on any atom is -0.396 e. The molecule has 4 nitrogen and oxygen atoms in total. The van der Waals surface area contributed by atoms with E-state index in [0.717, 1.165) is 24.1 Å². The third kappa shape index (κ3) is 4.47. The maximum atomic E-state index is 11.8. The van der Waals surface area contributed by atoms with Gasteiger partial charge in [-0.3, -0.25) is 4.79 Å². The lowest BCUT2D eigenvalue weighted by Crippen LogP contribution is -2.39. The van der Waals surface area contributed by atoms with Crippen LogP contribution in [0.5, 0.6) is 0 Å². The predicted molar refractivity (Wildman–Crippen MR) is 73.3 cm³/mol. The number of rotatable bonds is 6. The fourth-order valence-electron chi connectivity index (χ4n) is 1.62. The number of carbonyl (C=O) groups excluding carboxylic acids is 1. The van der Waals surface area contributed by atoms with Gasteiger partial charge in [-0.1, -0.05) is 26.0 Å². The lowest BCUT2D eigenvalue weighted by Gasteiger charge is -2.15. The van der Waals surface area contributed by atoms with E-state index in [1.54, 1.807) is 0 Å². The molecule has 0 saturated carbocycles. The Morgan fingerprint density at radius 3 is 2.78 bits per heavy atom. The highest BCUT2D eigenvalue weighted by Crippen LogP contribution is 2.13. The number of hydrogen-bond acceptors (Lipinski definition) is 3. The molecule has 4 heteroatoms. The summed E-state index contributed by atoms with van der Waals surface area (Å²) in [6.07, 6.45) is 1.53. The van der Waals surface area contributed by atoms with E-state index in [4.69, 9.17) is 10.8 Å². The van der Waals surface area contributed by atoms with E-state index in [0.29, 0.717) is 0 Å². The van der Waals surface area contributed by atoms with Crippen LogP contribution in [0.25, 0.3) is 0 Å². The molecule has 18 heavy (non-hydrogen) atoms. The molecule has 1 atom stereocenters. The molecule has 4 N–H and O–H groups in total. The fourth-order valence-corrected chi connectivity index (χ4v) is 1.62. The number of aliphatic hydroxyl groups excluding tert-OH is 1. The van der Waals surface area contributed by atoms with Crippen molar-refractivity contribution in [3.63, 3.8) is 0 Å². The molecule has 0 radical (unpaired) electrons. The van der Waals surface area contributed by atoms with Crippen molar-refractivity contribution >= 4 is 11.6 Å². The largest absolute Gasteiger partial charge is 0.396 e. The Balaban J connectivity index is 2.64. The van der Waals surface area contributed by atoms with E-state index in [2.05, 4.69) is 5.32 Å². The number of nitrogens with two attached hydrogens (primary N) is 1. The Morgan fingerprint density at radius 2 is 2.17 bits per heavy atom. The van der Waals surface area contributed by atoms with E-state index in [-0.39, 0.29) is 18.4 Å². The van der Waals surface area contributed by atoms with Gasteiger partial charge < -0.3 is 16.2 Å². The Kier molecular flexibility index (Phi) is 5.82. The molecule has 1 amide bonds. The molecule has 1 aromatic carbocycles. The summed E-state index contributed by atoms with van der Waals surface area (Å²) < 4.78 is 0. The zero-order valence-corrected chi connectivity index (χ0v) is 11.0. The maximum absolute atomic E-state index is 11.8. The molecular formula is C14H22N2O2. The molecule has 1 aromatic rings. The molecule has 0 saturated heterocycles. The van der Waals surface area contributed by atoms with Gasteiger partial charge in [0, 0.05) is 12.3 Å². The molecule has 0 aliphatic carbocycles. The number of nitrogens with one attached hydrogen (secondary N) is 1. The second-order valence-electron chi connectivity index (χ2n) is 4.79. The second-order valence-corrected chi connectivity index (χ2v) is 4.79. The molecule has 0 heterocycles. The third-order valence-corrected chi connectivity index (χ3v) is 2.84. The smallest absolute Gasteiger partial charge is 0.241 e. The van der Waals surface area contributed by atoms with Crippen LogP contribution >= 0.6 is 0 Å². The minimum atomic E-state index is -0.494. The zero-order chi connectivity index (χ0) is 13.5. The lowest BCUT2D eigenvalue weighted by atomic mass is 10.0. The van der Waals surface area contributed by atoms with E-state index in [9.17, 15) is 4.79 Å². The summed E-state index contributed by atoms with van der Waals surface area (Å²) in [4.78, 5) is 11.8. The number of anilines is 1. The summed E-state index contributed by atoms with van der Waals surface area (Å²) in [5.41, 5.74) is 7.63. The van der Waals surface area contributed by atoms with Gasteiger partial charge in [-0.15, -0.1) is 0 Å². The normalized spacial score (nSPS) is 12.5. The first-order valence-corrected chi connectivity index (χ1v) is 6.31. The van der Waals surface area contributed by atoms with Gasteiger partial charge in [0.2, 0.25) is 5.91 Å². The van der Waals surface area contributed by atoms with Crippen molar-refractivity contribution in [2.75, 3.05) is 11.9 Å². The summed E-state index contributed by atoms with van der Waals surface area (Å²) in [6.45, 7) is 4.01. The molecule has 0 bridgehead atoms. The Bertz CT molecular complexity index is 391. The van der Waals surface area contributed by atoms with Crippen LogP contribution in [0, 0.1) is 5.92 Å². The van der Waals surface area contributed by atoms with Gasteiger partial charge in [-0.25, -0.2) is 0 Å². The highest BCUT2D eigenvalue weighted by Gasteiger charge is 2.17. The van der Waals surface area contributed by atoms with E-state index >= 15 is 0 Å². The van der Waals surface area contributed by atoms with Crippen molar-refractivity contribution in [3.05, 3.63) is 29.8 Å².